The summed E-state index contributed by atoms with van der Waals surface area (Å²) in [6, 6.07) is 4.18. The molecule has 80 valence electrons. The second-order valence-corrected chi connectivity index (χ2v) is 3.54. The van der Waals surface area contributed by atoms with Gasteiger partial charge in [-0.3, -0.25) is 4.90 Å². The predicted octanol–water partition coefficient (Wildman–Crippen LogP) is 2.01. The molecule has 1 rings (SSSR count). The minimum absolute atomic E-state index is 0.0843. The fourth-order valence-corrected chi connectivity index (χ4v) is 1.85. The van der Waals surface area contributed by atoms with Gasteiger partial charge in [-0.2, -0.15) is 0 Å². The molecule has 2 N–H and O–H groups in total. The largest absolute Gasteiger partial charge is 0.468 e. The molecule has 0 aliphatic rings. The third kappa shape index (κ3) is 2.36. The van der Waals surface area contributed by atoms with Crippen LogP contribution in [0.3, 0.4) is 0 Å². The molecular weight excluding hydrogens is 176 g/mol. The van der Waals surface area contributed by atoms with Crippen LogP contribution in [0.25, 0.3) is 0 Å². The summed E-state index contributed by atoms with van der Waals surface area (Å²) in [4.78, 5) is 2.31. The Morgan fingerprint density at radius 2 is 2.07 bits per heavy atom. The van der Waals surface area contributed by atoms with Crippen molar-refractivity contribution in [2.24, 2.45) is 5.73 Å². The lowest BCUT2D eigenvalue weighted by Crippen LogP contribution is -2.39. The maximum absolute atomic E-state index is 5.98. The van der Waals surface area contributed by atoms with E-state index in [9.17, 15) is 0 Å². The molecule has 0 aromatic carbocycles. The number of hydrogen-bond acceptors (Lipinski definition) is 3. The molecule has 2 unspecified atom stereocenters. The van der Waals surface area contributed by atoms with E-state index in [1.807, 2.05) is 19.1 Å². The summed E-state index contributed by atoms with van der Waals surface area (Å²) in [6.07, 6.45) is 1.70. The molecule has 0 saturated carbocycles. The molecule has 0 radical (unpaired) electrons. The van der Waals surface area contributed by atoms with Crippen molar-refractivity contribution in [3.8, 4) is 0 Å². The molecule has 0 saturated heterocycles. The molecule has 0 aliphatic heterocycles. The maximum Gasteiger partial charge on any atom is 0.122 e. The van der Waals surface area contributed by atoms with Crippen molar-refractivity contribution in [3.05, 3.63) is 24.2 Å². The average molecular weight is 196 g/mol. The topological polar surface area (TPSA) is 42.4 Å². The molecule has 3 nitrogen and oxygen atoms in total. The van der Waals surface area contributed by atoms with Crippen LogP contribution in [0.1, 0.15) is 32.6 Å². The van der Waals surface area contributed by atoms with Gasteiger partial charge in [0.1, 0.15) is 5.76 Å². The standard InChI is InChI=1S/C11H20N2O/c1-4-13(5-2)11(9(3)12)10-7-6-8-14-10/h6-9,11H,4-5,12H2,1-3H3. The maximum atomic E-state index is 5.98. The summed E-state index contributed by atoms with van der Waals surface area (Å²) < 4.78 is 5.42. The van der Waals surface area contributed by atoms with Gasteiger partial charge >= 0.3 is 0 Å². The van der Waals surface area contributed by atoms with Gasteiger partial charge in [0.15, 0.2) is 0 Å². The van der Waals surface area contributed by atoms with Crippen molar-refractivity contribution in [3.63, 3.8) is 0 Å². The monoisotopic (exact) mass is 196 g/mol. The van der Waals surface area contributed by atoms with Crippen LogP contribution in [0, 0.1) is 0 Å². The predicted molar refractivity (Wildman–Crippen MR) is 58.0 cm³/mol. The molecule has 1 aromatic rings. The van der Waals surface area contributed by atoms with Crippen LogP contribution in [0.4, 0.5) is 0 Å². The first-order valence-electron chi connectivity index (χ1n) is 5.23. The number of likely N-dealkylation sites (N-methyl/N-ethyl adjacent to an activating group) is 1. The second-order valence-electron chi connectivity index (χ2n) is 3.54. The lowest BCUT2D eigenvalue weighted by molar-refractivity contribution is 0.171. The van der Waals surface area contributed by atoms with Gasteiger partial charge in [-0.1, -0.05) is 13.8 Å². The van der Waals surface area contributed by atoms with E-state index in [-0.39, 0.29) is 12.1 Å². The highest BCUT2D eigenvalue weighted by Crippen LogP contribution is 2.23. The van der Waals surface area contributed by atoms with Gasteiger partial charge in [-0.05, 0) is 32.1 Å². The minimum Gasteiger partial charge on any atom is -0.468 e. The van der Waals surface area contributed by atoms with E-state index in [1.54, 1.807) is 6.26 Å². The molecule has 14 heavy (non-hydrogen) atoms. The van der Waals surface area contributed by atoms with E-state index in [0.717, 1.165) is 18.8 Å². The Morgan fingerprint density at radius 1 is 1.43 bits per heavy atom. The van der Waals surface area contributed by atoms with Crippen LogP contribution in [0.2, 0.25) is 0 Å². The Balaban J connectivity index is 2.84. The highest BCUT2D eigenvalue weighted by molar-refractivity contribution is 5.07. The molecule has 3 heteroatoms. The first kappa shape index (κ1) is 11.3. The summed E-state index contributed by atoms with van der Waals surface area (Å²) >= 11 is 0. The second kappa shape index (κ2) is 5.17. The molecule has 1 heterocycles. The zero-order valence-electron chi connectivity index (χ0n) is 9.23. The first-order valence-corrected chi connectivity index (χ1v) is 5.23. The zero-order chi connectivity index (χ0) is 10.6. The van der Waals surface area contributed by atoms with Crippen LogP contribution >= 0.6 is 0 Å². The van der Waals surface area contributed by atoms with Crippen molar-refractivity contribution in [1.29, 1.82) is 0 Å². The van der Waals surface area contributed by atoms with Crippen LogP contribution in [-0.2, 0) is 0 Å². The van der Waals surface area contributed by atoms with Crippen LogP contribution in [0.15, 0.2) is 22.8 Å². The smallest absolute Gasteiger partial charge is 0.122 e. The molecule has 0 fully saturated rings. The average Bonchev–Trinajstić information content (AvgIpc) is 2.65. The van der Waals surface area contributed by atoms with Gasteiger partial charge in [-0.25, -0.2) is 0 Å². The number of rotatable bonds is 5. The van der Waals surface area contributed by atoms with Gasteiger partial charge in [0, 0.05) is 6.04 Å². The zero-order valence-corrected chi connectivity index (χ0v) is 9.23. The van der Waals surface area contributed by atoms with Crippen molar-refractivity contribution in [2.75, 3.05) is 13.1 Å². The fourth-order valence-electron chi connectivity index (χ4n) is 1.85. The summed E-state index contributed by atoms with van der Waals surface area (Å²) in [6.45, 7) is 8.28. The van der Waals surface area contributed by atoms with E-state index < -0.39 is 0 Å². The number of nitrogens with two attached hydrogens (primary N) is 1. The first-order chi connectivity index (χ1) is 6.70. The van der Waals surface area contributed by atoms with E-state index in [1.165, 1.54) is 0 Å². The highest BCUT2D eigenvalue weighted by Gasteiger charge is 2.23. The van der Waals surface area contributed by atoms with E-state index in [0.29, 0.717) is 0 Å². The summed E-state index contributed by atoms with van der Waals surface area (Å²) in [5.74, 6) is 0.962. The van der Waals surface area contributed by atoms with E-state index in [4.69, 9.17) is 10.2 Å². The third-order valence-corrected chi connectivity index (χ3v) is 2.54. The molecule has 2 atom stereocenters. The minimum atomic E-state index is 0.0843. The lowest BCUT2D eigenvalue weighted by atomic mass is 10.1. The molecule has 0 bridgehead atoms. The highest BCUT2D eigenvalue weighted by atomic mass is 16.3. The van der Waals surface area contributed by atoms with Gasteiger partial charge in [0.25, 0.3) is 0 Å². The lowest BCUT2D eigenvalue weighted by Gasteiger charge is -2.30. The van der Waals surface area contributed by atoms with Crippen molar-refractivity contribution < 1.29 is 4.42 Å². The van der Waals surface area contributed by atoms with E-state index in [2.05, 4.69) is 18.7 Å². The SMILES string of the molecule is CCN(CC)C(c1ccco1)C(C)N. The van der Waals surface area contributed by atoms with Crippen molar-refractivity contribution in [1.82, 2.24) is 4.90 Å². The van der Waals surface area contributed by atoms with Crippen LogP contribution < -0.4 is 5.73 Å². The van der Waals surface area contributed by atoms with Crippen LogP contribution in [-0.4, -0.2) is 24.0 Å². The Labute approximate surface area is 85.9 Å². The van der Waals surface area contributed by atoms with Gasteiger partial charge in [0.2, 0.25) is 0 Å². The number of hydrogen-bond donors (Lipinski definition) is 1. The van der Waals surface area contributed by atoms with Gasteiger partial charge in [0.05, 0.1) is 12.3 Å². The van der Waals surface area contributed by atoms with Crippen molar-refractivity contribution in [2.45, 2.75) is 32.9 Å². The number of furan rings is 1. The summed E-state index contributed by atoms with van der Waals surface area (Å²) in [5.41, 5.74) is 5.98. The number of nitrogens with zero attached hydrogens (tertiary/aromatic N) is 1. The quantitative estimate of drug-likeness (QED) is 0.783. The molecule has 1 aromatic heterocycles. The fraction of sp³-hybridized carbons (Fsp3) is 0.636. The Bertz CT molecular complexity index is 240. The molecule has 0 amide bonds. The van der Waals surface area contributed by atoms with E-state index >= 15 is 0 Å². The Morgan fingerprint density at radius 3 is 2.43 bits per heavy atom. The summed E-state index contributed by atoms with van der Waals surface area (Å²) in [5, 5.41) is 0. The summed E-state index contributed by atoms with van der Waals surface area (Å²) in [7, 11) is 0. The van der Waals surface area contributed by atoms with Crippen LogP contribution in [0.5, 0.6) is 0 Å². The molecule has 0 spiro atoms. The normalized spacial score (nSPS) is 15.8. The Hall–Kier alpha value is -0.800. The molecule has 0 aliphatic carbocycles. The Kier molecular flexibility index (Phi) is 4.17. The van der Waals surface area contributed by atoms with Gasteiger partial charge < -0.3 is 10.2 Å². The third-order valence-electron chi connectivity index (χ3n) is 2.54. The van der Waals surface area contributed by atoms with Crippen molar-refractivity contribution >= 4 is 0 Å². The molecular formula is C11H20N2O. The van der Waals surface area contributed by atoms with Gasteiger partial charge in [-0.15, -0.1) is 0 Å².